The number of hydrogen-bond donors (Lipinski definition) is 2. The molecule has 0 unspecified atom stereocenters. The van der Waals surface area contributed by atoms with E-state index in [1.807, 2.05) is 0 Å². The molecule has 0 rings (SSSR count). The summed E-state index contributed by atoms with van der Waals surface area (Å²) in [5.74, 6) is -2.29. The van der Waals surface area contributed by atoms with Crippen LogP contribution in [0.2, 0.25) is 0 Å². The van der Waals surface area contributed by atoms with Crippen molar-refractivity contribution in [1.29, 1.82) is 0 Å². The summed E-state index contributed by atoms with van der Waals surface area (Å²) in [5.41, 5.74) is 0. The molecule has 0 aliphatic heterocycles. The number of nitrogens with one attached hydrogen (secondary N) is 1. The molecule has 19 heavy (non-hydrogen) atoms. The van der Waals surface area contributed by atoms with Crippen molar-refractivity contribution in [2.45, 2.75) is 39.7 Å². The zero-order valence-electron chi connectivity index (χ0n) is 11.4. The van der Waals surface area contributed by atoms with Gasteiger partial charge in [-0.3, -0.25) is 9.59 Å². The molecule has 0 amide bonds. The quantitative estimate of drug-likeness (QED) is 0.594. The van der Waals surface area contributed by atoms with E-state index in [2.05, 4.69) is 9.46 Å². The first-order valence-corrected chi connectivity index (χ1v) is 7.71. The van der Waals surface area contributed by atoms with Crippen LogP contribution in [0.15, 0.2) is 0 Å². The second-order valence-corrected chi connectivity index (χ2v) is 6.39. The minimum Gasteiger partial charge on any atom is -0.480 e. The number of carbonyl (C=O) groups is 2. The Morgan fingerprint density at radius 1 is 1.32 bits per heavy atom. The van der Waals surface area contributed by atoms with Gasteiger partial charge in [0.15, 0.2) is 0 Å². The molecule has 2 N–H and O–H groups in total. The van der Waals surface area contributed by atoms with Crippen molar-refractivity contribution in [3.05, 3.63) is 0 Å². The van der Waals surface area contributed by atoms with Gasteiger partial charge in [0, 0.05) is 0 Å². The molecule has 1 atom stereocenters. The van der Waals surface area contributed by atoms with E-state index in [0.717, 1.165) is 0 Å². The molecule has 0 aromatic rings. The van der Waals surface area contributed by atoms with Crippen LogP contribution < -0.4 is 4.72 Å². The second-order valence-electron chi connectivity index (χ2n) is 4.51. The molecule has 0 aliphatic rings. The van der Waals surface area contributed by atoms with Crippen molar-refractivity contribution in [2.24, 2.45) is 5.92 Å². The van der Waals surface area contributed by atoms with Crippen molar-refractivity contribution >= 4 is 22.0 Å². The van der Waals surface area contributed by atoms with Gasteiger partial charge in [0.1, 0.15) is 6.04 Å². The third-order valence-corrected chi connectivity index (χ3v) is 3.59. The molecule has 0 aromatic heterocycles. The van der Waals surface area contributed by atoms with E-state index >= 15 is 0 Å². The summed E-state index contributed by atoms with van der Waals surface area (Å²) in [7, 11) is -3.82. The van der Waals surface area contributed by atoms with E-state index in [1.54, 1.807) is 20.8 Å². The lowest BCUT2D eigenvalue weighted by molar-refractivity contribution is -0.142. The molecular weight excluding hydrogens is 274 g/mol. The molecule has 0 aromatic carbocycles. The van der Waals surface area contributed by atoms with Crippen molar-refractivity contribution in [3.8, 4) is 0 Å². The molecule has 0 aliphatic carbocycles. The summed E-state index contributed by atoms with van der Waals surface area (Å²) in [6.45, 7) is 5.39. The maximum atomic E-state index is 11.7. The monoisotopic (exact) mass is 295 g/mol. The minimum absolute atomic E-state index is 0.0360. The molecule has 0 spiro atoms. The van der Waals surface area contributed by atoms with Gasteiger partial charge in [0.05, 0.1) is 18.8 Å². The number of rotatable bonds is 9. The largest absolute Gasteiger partial charge is 0.480 e. The Morgan fingerprint density at radius 3 is 2.32 bits per heavy atom. The van der Waals surface area contributed by atoms with Crippen LogP contribution in [0.3, 0.4) is 0 Å². The lowest BCUT2D eigenvalue weighted by Gasteiger charge is -2.16. The Kier molecular flexibility index (Phi) is 7.62. The van der Waals surface area contributed by atoms with Crippen LogP contribution in [0.5, 0.6) is 0 Å². The highest BCUT2D eigenvalue weighted by Crippen LogP contribution is 2.07. The number of carbonyl (C=O) groups excluding carboxylic acids is 1. The maximum absolute atomic E-state index is 11.7. The second kappa shape index (κ2) is 8.11. The van der Waals surface area contributed by atoms with E-state index in [0.29, 0.717) is 0 Å². The van der Waals surface area contributed by atoms with Crippen molar-refractivity contribution < 1.29 is 27.9 Å². The van der Waals surface area contributed by atoms with Gasteiger partial charge in [-0.15, -0.1) is 0 Å². The number of carboxylic acids is 1. The number of sulfonamides is 1. The molecule has 0 radical (unpaired) electrons. The lowest BCUT2D eigenvalue weighted by atomic mass is 10.1. The Labute approximate surface area is 113 Å². The minimum atomic E-state index is -3.82. The number of ether oxygens (including phenoxy) is 1. The highest BCUT2D eigenvalue weighted by atomic mass is 32.2. The molecule has 8 heteroatoms. The summed E-state index contributed by atoms with van der Waals surface area (Å²) in [4.78, 5) is 22.0. The topological polar surface area (TPSA) is 110 Å². The van der Waals surface area contributed by atoms with Gasteiger partial charge in [-0.05, 0) is 19.3 Å². The van der Waals surface area contributed by atoms with Gasteiger partial charge in [0.2, 0.25) is 10.0 Å². The highest BCUT2D eigenvalue weighted by molar-refractivity contribution is 7.89. The third kappa shape index (κ3) is 8.55. The molecular formula is C11H21NO6S. The van der Waals surface area contributed by atoms with Crippen LogP contribution in [0.4, 0.5) is 0 Å². The summed E-state index contributed by atoms with van der Waals surface area (Å²) in [5, 5.41) is 8.93. The fourth-order valence-electron chi connectivity index (χ4n) is 1.40. The Morgan fingerprint density at radius 2 is 1.89 bits per heavy atom. The summed E-state index contributed by atoms with van der Waals surface area (Å²) < 4.78 is 30.0. The number of hydrogen-bond acceptors (Lipinski definition) is 5. The Hall–Kier alpha value is -1.15. The van der Waals surface area contributed by atoms with E-state index < -0.39 is 33.8 Å². The van der Waals surface area contributed by atoms with Crippen LogP contribution in [-0.4, -0.2) is 43.9 Å². The van der Waals surface area contributed by atoms with Crippen LogP contribution in [0.1, 0.15) is 33.6 Å². The molecule has 0 heterocycles. The average Bonchev–Trinajstić information content (AvgIpc) is 2.25. The van der Waals surface area contributed by atoms with Crippen molar-refractivity contribution in [1.82, 2.24) is 4.72 Å². The predicted molar refractivity (Wildman–Crippen MR) is 69.1 cm³/mol. The summed E-state index contributed by atoms with van der Waals surface area (Å²) in [6, 6.07) is -1.17. The zero-order chi connectivity index (χ0) is 15.1. The van der Waals surface area contributed by atoms with Gasteiger partial charge in [0.25, 0.3) is 0 Å². The van der Waals surface area contributed by atoms with Gasteiger partial charge in [-0.25, -0.2) is 13.1 Å². The first-order chi connectivity index (χ1) is 8.68. The van der Waals surface area contributed by atoms with Gasteiger partial charge in [-0.2, -0.15) is 0 Å². The van der Waals surface area contributed by atoms with E-state index in [-0.39, 0.29) is 25.4 Å². The van der Waals surface area contributed by atoms with Gasteiger partial charge < -0.3 is 9.84 Å². The number of carboxylic acid groups (broad SMARTS) is 1. The normalized spacial score (nSPS) is 13.3. The third-order valence-electron chi connectivity index (χ3n) is 2.21. The van der Waals surface area contributed by atoms with Crippen molar-refractivity contribution in [2.75, 3.05) is 12.4 Å². The molecule has 0 saturated heterocycles. The fourth-order valence-corrected chi connectivity index (χ4v) is 2.58. The predicted octanol–water partition coefficient (Wildman–Crippen LogP) is 0.358. The van der Waals surface area contributed by atoms with E-state index in [4.69, 9.17) is 5.11 Å². The van der Waals surface area contributed by atoms with Gasteiger partial charge in [-0.1, -0.05) is 13.8 Å². The van der Waals surface area contributed by atoms with Crippen LogP contribution in [-0.2, 0) is 24.3 Å². The van der Waals surface area contributed by atoms with E-state index in [9.17, 15) is 18.0 Å². The average molecular weight is 295 g/mol. The molecule has 0 saturated carbocycles. The van der Waals surface area contributed by atoms with Crippen LogP contribution in [0, 0.1) is 5.92 Å². The maximum Gasteiger partial charge on any atom is 0.321 e. The summed E-state index contributed by atoms with van der Waals surface area (Å²) in [6.07, 6.45) is -0.106. The number of aliphatic carboxylic acids is 1. The van der Waals surface area contributed by atoms with E-state index in [1.165, 1.54) is 0 Å². The number of esters is 1. The Bertz CT molecular complexity index is 403. The standard InChI is InChI=1S/C11H21NO6S/c1-4-18-10(13)5-6-19(16,17)12-9(11(14)15)7-8(2)3/h8-9,12H,4-7H2,1-3H3,(H,14,15)/t9-/m1/s1. The van der Waals surface area contributed by atoms with Crippen LogP contribution >= 0.6 is 0 Å². The fraction of sp³-hybridized carbons (Fsp3) is 0.818. The molecule has 7 nitrogen and oxygen atoms in total. The first kappa shape index (κ1) is 17.8. The Balaban J connectivity index is 4.47. The SMILES string of the molecule is CCOC(=O)CCS(=O)(=O)N[C@H](CC(C)C)C(=O)O. The first-order valence-electron chi connectivity index (χ1n) is 6.06. The molecule has 0 fully saturated rings. The van der Waals surface area contributed by atoms with Crippen molar-refractivity contribution in [3.63, 3.8) is 0 Å². The van der Waals surface area contributed by atoms with Crippen LogP contribution in [0.25, 0.3) is 0 Å². The highest BCUT2D eigenvalue weighted by Gasteiger charge is 2.25. The summed E-state index contributed by atoms with van der Waals surface area (Å²) >= 11 is 0. The zero-order valence-corrected chi connectivity index (χ0v) is 12.2. The molecule has 112 valence electrons. The van der Waals surface area contributed by atoms with Gasteiger partial charge >= 0.3 is 11.9 Å². The molecule has 0 bridgehead atoms. The lowest BCUT2D eigenvalue weighted by Crippen LogP contribution is -2.42. The smallest absolute Gasteiger partial charge is 0.321 e.